The van der Waals surface area contributed by atoms with Crippen molar-refractivity contribution in [2.24, 2.45) is 5.92 Å². The highest BCUT2D eigenvalue weighted by atomic mass is 16.5. The van der Waals surface area contributed by atoms with Gasteiger partial charge in [-0.05, 0) is 37.9 Å². The number of rotatable bonds is 6. The van der Waals surface area contributed by atoms with E-state index < -0.39 is 0 Å². The molecule has 0 saturated carbocycles. The first kappa shape index (κ1) is 16.7. The molecule has 2 aliphatic heterocycles. The number of nitrogens with zero attached hydrogens (tertiary/aromatic N) is 3. The van der Waals surface area contributed by atoms with Crippen LogP contribution < -0.4 is 4.90 Å². The number of ether oxygens (including phenoxy) is 1. The van der Waals surface area contributed by atoms with E-state index in [9.17, 15) is 0 Å². The Morgan fingerprint density at radius 1 is 1.00 bits per heavy atom. The van der Waals surface area contributed by atoms with E-state index in [-0.39, 0.29) is 0 Å². The maximum atomic E-state index is 5.19. The molecule has 3 rings (SSSR count). The van der Waals surface area contributed by atoms with E-state index in [4.69, 9.17) is 4.74 Å². The smallest absolute Gasteiger partial charge is 0.0589 e. The Balaban J connectivity index is 1.40. The second-order valence-electron chi connectivity index (χ2n) is 7.07. The Morgan fingerprint density at radius 2 is 1.74 bits per heavy atom. The van der Waals surface area contributed by atoms with Gasteiger partial charge in [0.1, 0.15) is 0 Å². The normalized spacial score (nSPS) is 23.6. The number of anilines is 1. The summed E-state index contributed by atoms with van der Waals surface area (Å²) >= 11 is 0. The topological polar surface area (TPSA) is 19.0 Å². The minimum atomic E-state index is 0.845. The summed E-state index contributed by atoms with van der Waals surface area (Å²) in [6.45, 7) is 12.6. The summed E-state index contributed by atoms with van der Waals surface area (Å²) in [6.07, 6.45) is 1.35. The Bertz CT molecular complexity index is 468. The van der Waals surface area contributed by atoms with Gasteiger partial charge in [0.15, 0.2) is 0 Å². The first-order valence-corrected chi connectivity index (χ1v) is 9.00. The molecule has 0 radical (unpaired) electrons. The molecule has 1 aromatic rings. The summed E-state index contributed by atoms with van der Waals surface area (Å²) in [4.78, 5) is 7.74. The lowest BCUT2D eigenvalue weighted by Gasteiger charge is -2.37. The van der Waals surface area contributed by atoms with E-state index in [1.165, 1.54) is 50.4 Å². The highest BCUT2D eigenvalue weighted by Crippen LogP contribution is 2.20. The van der Waals surface area contributed by atoms with Crippen LogP contribution in [0.4, 0.5) is 5.69 Å². The Morgan fingerprint density at radius 3 is 2.43 bits per heavy atom. The van der Waals surface area contributed by atoms with Gasteiger partial charge in [0.05, 0.1) is 6.61 Å². The van der Waals surface area contributed by atoms with E-state index in [2.05, 4.69) is 45.9 Å². The molecule has 128 valence electrons. The second-order valence-corrected chi connectivity index (χ2v) is 7.07. The van der Waals surface area contributed by atoms with Gasteiger partial charge in [-0.2, -0.15) is 0 Å². The van der Waals surface area contributed by atoms with Gasteiger partial charge in [-0.3, -0.25) is 4.90 Å². The SMILES string of the molecule is COCCN1CC[C@@H](CN2CCN(c3ccc(C)cc3)CC2)C1. The van der Waals surface area contributed by atoms with Crippen LogP contribution in [0.2, 0.25) is 0 Å². The van der Waals surface area contributed by atoms with Gasteiger partial charge in [-0.15, -0.1) is 0 Å². The standard InChI is InChI=1S/C19H31N3O/c1-17-3-5-19(6-4-17)22-11-9-21(10-12-22)16-18-7-8-20(15-18)13-14-23-2/h3-6,18H,7-16H2,1-2H3/t18-/m1/s1. The summed E-state index contributed by atoms with van der Waals surface area (Å²) in [5.74, 6) is 0.845. The number of benzene rings is 1. The van der Waals surface area contributed by atoms with Crippen molar-refractivity contribution < 1.29 is 4.74 Å². The lowest BCUT2D eigenvalue weighted by molar-refractivity contribution is 0.155. The lowest BCUT2D eigenvalue weighted by atomic mass is 10.1. The molecular weight excluding hydrogens is 286 g/mol. The number of hydrogen-bond donors (Lipinski definition) is 0. The monoisotopic (exact) mass is 317 g/mol. The van der Waals surface area contributed by atoms with Crippen molar-refractivity contribution in [3.63, 3.8) is 0 Å². The average Bonchev–Trinajstić information content (AvgIpc) is 3.02. The van der Waals surface area contributed by atoms with Crippen LogP contribution in [-0.4, -0.2) is 75.9 Å². The van der Waals surface area contributed by atoms with Gasteiger partial charge in [0.2, 0.25) is 0 Å². The van der Waals surface area contributed by atoms with Gasteiger partial charge < -0.3 is 14.5 Å². The molecule has 2 aliphatic rings. The highest BCUT2D eigenvalue weighted by molar-refractivity contribution is 5.47. The molecule has 0 aliphatic carbocycles. The first-order chi connectivity index (χ1) is 11.2. The molecule has 0 aromatic heterocycles. The van der Waals surface area contributed by atoms with Crippen LogP contribution in [-0.2, 0) is 4.74 Å². The van der Waals surface area contributed by atoms with Crippen LogP contribution in [0.5, 0.6) is 0 Å². The number of piperazine rings is 1. The molecule has 1 aromatic carbocycles. The fourth-order valence-electron chi connectivity index (χ4n) is 3.79. The predicted molar refractivity (Wildman–Crippen MR) is 96.3 cm³/mol. The average molecular weight is 317 g/mol. The molecule has 2 saturated heterocycles. The third-order valence-corrected chi connectivity index (χ3v) is 5.27. The third kappa shape index (κ3) is 4.69. The summed E-state index contributed by atoms with van der Waals surface area (Å²) in [5.41, 5.74) is 2.72. The minimum Gasteiger partial charge on any atom is -0.383 e. The van der Waals surface area contributed by atoms with E-state index in [1.807, 2.05) is 0 Å². The molecule has 2 fully saturated rings. The van der Waals surface area contributed by atoms with E-state index in [1.54, 1.807) is 7.11 Å². The predicted octanol–water partition coefficient (Wildman–Crippen LogP) is 2.09. The van der Waals surface area contributed by atoms with E-state index in [0.717, 1.165) is 32.2 Å². The third-order valence-electron chi connectivity index (χ3n) is 5.27. The zero-order valence-corrected chi connectivity index (χ0v) is 14.7. The fourth-order valence-corrected chi connectivity index (χ4v) is 3.79. The number of aryl methyl sites for hydroxylation is 1. The quantitative estimate of drug-likeness (QED) is 0.799. The number of methoxy groups -OCH3 is 1. The molecule has 23 heavy (non-hydrogen) atoms. The van der Waals surface area contributed by atoms with Crippen molar-refractivity contribution in [3.8, 4) is 0 Å². The summed E-state index contributed by atoms with van der Waals surface area (Å²) in [5, 5.41) is 0. The van der Waals surface area contributed by atoms with Crippen molar-refractivity contribution in [3.05, 3.63) is 29.8 Å². The molecule has 0 unspecified atom stereocenters. The molecule has 4 heteroatoms. The van der Waals surface area contributed by atoms with Crippen molar-refractivity contribution >= 4 is 5.69 Å². The molecule has 1 atom stereocenters. The number of hydrogen-bond acceptors (Lipinski definition) is 4. The minimum absolute atomic E-state index is 0.845. The van der Waals surface area contributed by atoms with Crippen molar-refractivity contribution in [1.82, 2.24) is 9.80 Å². The molecule has 4 nitrogen and oxygen atoms in total. The molecule has 0 amide bonds. The van der Waals surface area contributed by atoms with Crippen LogP contribution in [0.25, 0.3) is 0 Å². The van der Waals surface area contributed by atoms with Gasteiger partial charge in [0, 0.05) is 58.6 Å². The fraction of sp³-hybridized carbons (Fsp3) is 0.684. The summed E-state index contributed by atoms with van der Waals surface area (Å²) < 4.78 is 5.19. The van der Waals surface area contributed by atoms with E-state index in [0.29, 0.717) is 0 Å². The molecule has 0 spiro atoms. The van der Waals surface area contributed by atoms with Crippen molar-refractivity contribution in [2.45, 2.75) is 13.3 Å². The zero-order chi connectivity index (χ0) is 16.1. The van der Waals surface area contributed by atoms with E-state index >= 15 is 0 Å². The van der Waals surface area contributed by atoms with Crippen LogP contribution in [0.1, 0.15) is 12.0 Å². The summed E-state index contributed by atoms with van der Waals surface area (Å²) in [6, 6.07) is 8.95. The van der Waals surface area contributed by atoms with Crippen molar-refractivity contribution in [2.75, 3.05) is 71.0 Å². The first-order valence-electron chi connectivity index (χ1n) is 9.00. The van der Waals surface area contributed by atoms with Gasteiger partial charge in [0.25, 0.3) is 0 Å². The van der Waals surface area contributed by atoms with Crippen LogP contribution in [0, 0.1) is 12.8 Å². The molecule has 2 heterocycles. The highest BCUT2D eigenvalue weighted by Gasteiger charge is 2.25. The number of likely N-dealkylation sites (tertiary alicyclic amines) is 1. The molecular formula is C19H31N3O. The maximum absolute atomic E-state index is 5.19. The van der Waals surface area contributed by atoms with Crippen molar-refractivity contribution in [1.29, 1.82) is 0 Å². The molecule has 0 N–H and O–H groups in total. The second kappa shape index (κ2) is 8.13. The Hall–Kier alpha value is -1.10. The summed E-state index contributed by atoms with van der Waals surface area (Å²) in [7, 11) is 1.79. The van der Waals surface area contributed by atoms with Crippen LogP contribution in [0.15, 0.2) is 24.3 Å². The van der Waals surface area contributed by atoms with Gasteiger partial charge in [-0.1, -0.05) is 17.7 Å². The Kier molecular flexibility index (Phi) is 5.92. The molecule has 0 bridgehead atoms. The van der Waals surface area contributed by atoms with Crippen LogP contribution in [0.3, 0.4) is 0 Å². The van der Waals surface area contributed by atoms with Crippen LogP contribution >= 0.6 is 0 Å². The lowest BCUT2D eigenvalue weighted by Crippen LogP contribution is -2.48. The zero-order valence-electron chi connectivity index (χ0n) is 14.7. The van der Waals surface area contributed by atoms with Gasteiger partial charge >= 0.3 is 0 Å². The largest absolute Gasteiger partial charge is 0.383 e. The van der Waals surface area contributed by atoms with Gasteiger partial charge in [-0.25, -0.2) is 0 Å². The maximum Gasteiger partial charge on any atom is 0.0589 e. The Labute approximate surface area is 141 Å².